The van der Waals surface area contributed by atoms with Crippen LogP contribution in [0.1, 0.15) is 47.4 Å². The van der Waals surface area contributed by atoms with Crippen LogP contribution in [0.4, 0.5) is 5.69 Å². The summed E-state index contributed by atoms with van der Waals surface area (Å²) < 4.78 is 35.4. The van der Waals surface area contributed by atoms with Crippen molar-refractivity contribution >= 4 is 21.6 Å². The van der Waals surface area contributed by atoms with Crippen molar-refractivity contribution in [1.29, 1.82) is 0 Å². The minimum Gasteiger partial charge on any atom is -0.495 e. The summed E-state index contributed by atoms with van der Waals surface area (Å²) in [6.07, 6.45) is 3.66. The molecule has 1 heterocycles. The molecule has 0 saturated heterocycles. The maximum atomic E-state index is 12.9. The minimum atomic E-state index is -3.80. The first-order chi connectivity index (χ1) is 13.2. The van der Waals surface area contributed by atoms with E-state index < -0.39 is 15.9 Å². The summed E-state index contributed by atoms with van der Waals surface area (Å²) >= 11 is 0. The molecule has 1 aliphatic carbocycles. The van der Waals surface area contributed by atoms with E-state index in [1.54, 1.807) is 24.7 Å². The molecule has 1 aromatic heterocycles. The maximum absolute atomic E-state index is 12.9. The molecular formula is C19H26N4O4S. The summed E-state index contributed by atoms with van der Waals surface area (Å²) in [5.41, 5.74) is 2.36. The SMILES string of the molecule is COc1ccc(C(=O)Nc2c(C)nn(C)c2C)cc1S(=O)(=O)NC1CCCC1. The summed E-state index contributed by atoms with van der Waals surface area (Å²) in [5, 5.41) is 7.10. The number of nitrogens with zero attached hydrogens (tertiary/aromatic N) is 2. The van der Waals surface area contributed by atoms with Gasteiger partial charge < -0.3 is 10.1 Å². The number of carbonyl (C=O) groups is 1. The van der Waals surface area contributed by atoms with Crippen molar-refractivity contribution in [2.24, 2.45) is 7.05 Å². The lowest BCUT2D eigenvalue weighted by Gasteiger charge is -2.16. The zero-order valence-corrected chi connectivity index (χ0v) is 17.4. The molecule has 0 radical (unpaired) electrons. The van der Waals surface area contributed by atoms with Gasteiger partial charge in [0.25, 0.3) is 5.91 Å². The molecule has 0 atom stereocenters. The smallest absolute Gasteiger partial charge is 0.255 e. The lowest BCUT2D eigenvalue weighted by atomic mass is 10.2. The number of hydrogen-bond acceptors (Lipinski definition) is 5. The van der Waals surface area contributed by atoms with Gasteiger partial charge in [0.05, 0.1) is 24.2 Å². The zero-order chi connectivity index (χ0) is 20.5. The highest BCUT2D eigenvalue weighted by molar-refractivity contribution is 7.89. The number of anilines is 1. The number of ether oxygens (including phenoxy) is 1. The largest absolute Gasteiger partial charge is 0.495 e. The lowest BCUT2D eigenvalue weighted by molar-refractivity contribution is 0.102. The zero-order valence-electron chi connectivity index (χ0n) is 16.6. The fourth-order valence-corrected chi connectivity index (χ4v) is 4.99. The van der Waals surface area contributed by atoms with Crippen LogP contribution < -0.4 is 14.8 Å². The third-order valence-corrected chi connectivity index (χ3v) is 6.68. The molecule has 8 nitrogen and oxygen atoms in total. The fourth-order valence-electron chi connectivity index (χ4n) is 3.49. The summed E-state index contributed by atoms with van der Waals surface area (Å²) in [4.78, 5) is 12.7. The number of methoxy groups -OCH3 is 1. The Labute approximate surface area is 165 Å². The Morgan fingerprint density at radius 2 is 1.93 bits per heavy atom. The van der Waals surface area contributed by atoms with Crippen LogP contribution in [-0.2, 0) is 17.1 Å². The summed E-state index contributed by atoms with van der Waals surface area (Å²) in [6, 6.07) is 4.32. The van der Waals surface area contributed by atoms with Crippen LogP contribution in [0.15, 0.2) is 23.1 Å². The first-order valence-corrected chi connectivity index (χ1v) is 10.7. The van der Waals surface area contributed by atoms with Gasteiger partial charge in [-0.1, -0.05) is 12.8 Å². The summed E-state index contributed by atoms with van der Waals surface area (Å²) in [6.45, 7) is 3.66. The van der Waals surface area contributed by atoms with Gasteiger partial charge in [0.1, 0.15) is 10.6 Å². The number of carbonyl (C=O) groups excluding carboxylic acids is 1. The molecule has 1 saturated carbocycles. The van der Waals surface area contributed by atoms with Crippen LogP contribution in [0.2, 0.25) is 0 Å². The highest BCUT2D eigenvalue weighted by Gasteiger charge is 2.27. The number of amides is 1. The molecule has 2 N–H and O–H groups in total. The summed E-state index contributed by atoms with van der Waals surface area (Å²) in [7, 11) is -0.594. The second-order valence-corrected chi connectivity index (χ2v) is 8.77. The van der Waals surface area contributed by atoms with E-state index in [9.17, 15) is 13.2 Å². The Kier molecular flexibility index (Phi) is 5.76. The quantitative estimate of drug-likeness (QED) is 0.767. The molecule has 1 aromatic carbocycles. The van der Waals surface area contributed by atoms with Crippen LogP contribution in [0, 0.1) is 13.8 Å². The van der Waals surface area contributed by atoms with E-state index >= 15 is 0 Å². The second-order valence-electron chi connectivity index (χ2n) is 7.09. The number of hydrogen-bond donors (Lipinski definition) is 2. The molecule has 1 amide bonds. The fraction of sp³-hybridized carbons (Fsp3) is 0.474. The van der Waals surface area contributed by atoms with Gasteiger partial charge in [0.15, 0.2) is 0 Å². The normalized spacial score (nSPS) is 15.0. The lowest BCUT2D eigenvalue weighted by Crippen LogP contribution is -2.33. The Morgan fingerprint density at radius 3 is 2.50 bits per heavy atom. The number of aromatic nitrogens is 2. The molecular weight excluding hydrogens is 380 g/mol. The van der Waals surface area contributed by atoms with Crippen LogP contribution in [0.3, 0.4) is 0 Å². The minimum absolute atomic E-state index is 0.0332. The Hall–Kier alpha value is -2.39. The molecule has 1 aliphatic rings. The van der Waals surface area contributed by atoms with Crippen molar-refractivity contribution in [3.05, 3.63) is 35.2 Å². The summed E-state index contributed by atoms with van der Waals surface area (Å²) in [5.74, 6) is -0.199. The van der Waals surface area contributed by atoms with E-state index in [2.05, 4.69) is 15.1 Å². The van der Waals surface area contributed by atoms with Crippen molar-refractivity contribution in [3.63, 3.8) is 0 Å². The molecule has 28 heavy (non-hydrogen) atoms. The predicted molar refractivity (Wildman–Crippen MR) is 106 cm³/mol. The van der Waals surface area contributed by atoms with Gasteiger partial charge in [-0.05, 0) is 44.9 Å². The van der Waals surface area contributed by atoms with Crippen molar-refractivity contribution in [2.45, 2.75) is 50.5 Å². The molecule has 2 aromatic rings. The standard InChI is InChI=1S/C19H26N4O4S/c1-12-18(13(2)23(3)21-12)20-19(24)14-9-10-16(27-4)17(11-14)28(25,26)22-15-7-5-6-8-15/h9-11,15,22H,5-8H2,1-4H3,(H,20,24). The van der Waals surface area contributed by atoms with E-state index in [0.717, 1.165) is 31.4 Å². The number of benzene rings is 1. The Balaban J connectivity index is 1.90. The molecule has 0 aliphatic heterocycles. The molecule has 3 rings (SSSR count). The monoisotopic (exact) mass is 406 g/mol. The first kappa shape index (κ1) is 20.3. The second kappa shape index (κ2) is 7.92. The van der Waals surface area contributed by atoms with Gasteiger partial charge in [-0.25, -0.2) is 13.1 Å². The van der Waals surface area contributed by atoms with Gasteiger partial charge in [0.2, 0.25) is 10.0 Å². The predicted octanol–water partition coefficient (Wildman–Crippen LogP) is 2.52. The third kappa shape index (κ3) is 4.05. The average molecular weight is 407 g/mol. The van der Waals surface area contributed by atoms with Gasteiger partial charge in [-0.2, -0.15) is 5.10 Å². The van der Waals surface area contributed by atoms with E-state index in [4.69, 9.17) is 4.74 Å². The molecule has 152 valence electrons. The van der Waals surface area contributed by atoms with Crippen LogP contribution in [0.25, 0.3) is 0 Å². The van der Waals surface area contributed by atoms with Gasteiger partial charge in [-0.3, -0.25) is 9.48 Å². The topological polar surface area (TPSA) is 102 Å². The van der Waals surface area contributed by atoms with Crippen molar-refractivity contribution in [3.8, 4) is 5.75 Å². The van der Waals surface area contributed by atoms with Crippen molar-refractivity contribution in [2.75, 3.05) is 12.4 Å². The Bertz CT molecular complexity index is 992. The Morgan fingerprint density at radius 1 is 1.25 bits per heavy atom. The molecule has 1 fully saturated rings. The number of sulfonamides is 1. The highest BCUT2D eigenvalue weighted by Crippen LogP contribution is 2.28. The van der Waals surface area contributed by atoms with Gasteiger partial charge >= 0.3 is 0 Å². The van der Waals surface area contributed by atoms with E-state index in [0.29, 0.717) is 11.4 Å². The van der Waals surface area contributed by atoms with Crippen molar-refractivity contribution < 1.29 is 17.9 Å². The third-order valence-electron chi connectivity index (χ3n) is 5.14. The van der Waals surface area contributed by atoms with Crippen molar-refractivity contribution in [1.82, 2.24) is 14.5 Å². The first-order valence-electron chi connectivity index (χ1n) is 9.25. The molecule has 0 unspecified atom stereocenters. The number of rotatable bonds is 6. The van der Waals surface area contributed by atoms with Crippen LogP contribution >= 0.6 is 0 Å². The van der Waals surface area contributed by atoms with Crippen LogP contribution in [-0.4, -0.2) is 37.3 Å². The number of nitrogens with one attached hydrogen (secondary N) is 2. The number of aryl methyl sites for hydroxylation is 2. The van der Waals surface area contributed by atoms with Crippen LogP contribution in [0.5, 0.6) is 5.75 Å². The molecule has 0 bridgehead atoms. The maximum Gasteiger partial charge on any atom is 0.255 e. The van der Waals surface area contributed by atoms with E-state index in [-0.39, 0.29) is 22.3 Å². The molecule has 9 heteroatoms. The van der Waals surface area contributed by atoms with Gasteiger partial charge in [-0.15, -0.1) is 0 Å². The highest BCUT2D eigenvalue weighted by atomic mass is 32.2. The average Bonchev–Trinajstić information content (AvgIpc) is 3.24. The molecule has 0 spiro atoms. The van der Waals surface area contributed by atoms with E-state index in [1.165, 1.54) is 19.2 Å². The van der Waals surface area contributed by atoms with E-state index in [1.807, 2.05) is 6.92 Å². The van der Waals surface area contributed by atoms with Gasteiger partial charge in [0, 0.05) is 18.7 Å².